The van der Waals surface area contributed by atoms with E-state index < -0.39 is 11.0 Å². The van der Waals surface area contributed by atoms with Gasteiger partial charge in [-0.15, -0.1) is 0 Å². The molecule has 7 heteroatoms. The predicted molar refractivity (Wildman–Crippen MR) is 105 cm³/mol. The summed E-state index contributed by atoms with van der Waals surface area (Å²) in [4.78, 5) is 38.5. The Kier molecular flexibility index (Phi) is 5.59. The lowest BCUT2D eigenvalue weighted by molar-refractivity contribution is -0.170. The second-order valence-electron chi connectivity index (χ2n) is 8.11. The summed E-state index contributed by atoms with van der Waals surface area (Å²) in [5.41, 5.74) is 5.92. The van der Waals surface area contributed by atoms with Crippen LogP contribution in [-0.2, 0) is 9.53 Å². The molecule has 2 atom stereocenters. The lowest BCUT2D eigenvalue weighted by atomic mass is 9.54. The average molecular weight is 387 g/mol. The van der Waals surface area contributed by atoms with Crippen molar-refractivity contribution in [2.45, 2.75) is 51.7 Å². The van der Waals surface area contributed by atoms with Crippen LogP contribution in [0.4, 0.5) is 0 Å². The van der Waals surface area contributed by atoms with Crippen molar-refractivity contribution in [1.29, 1.82) is 0 Å². The van der Waals surface area contributed by atoms with E-state index in [1.165, 1.54) is 4.90 Å². The number of hydrogen-bond acceptors (Lipinski definition) is 5. The fourth-order valence-electron chi connectivity index (χ4n) is 4.02. The van der Waals surface area contributed by atoms with Gasteiger partial charge in [-0.25, -0.2) is 0 Å². The number of nitrogens with two attached hydrogens (primary N) is 1. The largest absolute Gasteiger partial charge is 0.378 e. The second kappa shape index (κ2) is 7.64. The number of nitrogens with zero attached hydrogens (tertiary/aromatic N) is 1. The van der Waals surface area contributed by atoms with Gasteiger partial charge in [0.15, 0.2) is 0 Å². The number of rotatable bonds is 8. The molecule has 3 amide bonds. The smallest absolute Gasteiger partial charge is 0.261 e. The summed E-state index contributed by atoms with van der Waals surface area (Å²) in [7, 11) is 0. The molecule has 0 radical (unpaired) electrons. The topological polar surface area (TPSA) is 102 Å². The first-order valence-corrected chi connectivity index (χ1v) is 9.88. The highest BCUT2D eigenvalue weighted by atomic mass is 16.5. The van der Waals surface area contributed by atoms with Crippen molar-refractivity contribution >= 4 is 17.7 Å². The van der Waals surface area contributed by atoms with Crippen LogP contribution in [0, 0.1) is 5.41 Å². The molecule has 28 heavy (non-hydrogen) atoms. The number of carbonyl (C=O) groups excluding carboxylic acids is 3. The van der Waals surface area contributed by atoms with E-state index in [1.54, 1.807) is 24.3 Å². The number of unbranched alkanes of at least 4 members (excludes halogenated alkanes) is 1. The van der Waals surface area contributed by atoms with Gasteiger partial charge in [-0.3, -0.25) is 19.3 Å². The molecule has 1 aromatic rings. The number of carbonyl (C=O) groups is 3. The molecule has 7 nitrogen and oxygen atoms in total. The molecule has 2 aliphatic rings. The first-order chi connectivity index (χ1) is 13.2. The van der Waals surface area contributed by atoms with Gasteiger partial charge in [0.2, 0.25) is 5.91 Å². The van der Waals surface area contributed by atoms with Crippen LogP contribution in [0.2, 0.25) is 0 Å². The molecular formula is C21H29N3O4. The monoisotopic (exact) mass is 387 g/mol. The highest BCUT2D eigenvalue weighted by Crippen LogP contribution is 2.49. The Morgan fingerprint density at radius 3 is 2.36 bits per heavy atom. The van der Waals surface area contributed by atoms with Crippen LogP contribution in [0.25, 0.3) is 0 Å². The summed E-state index contributed by atoms with van der Waals surface area (Å²) >= 11 is 0. The minimum atomic E-state index is -0.935. The van der Waals surface area contributed by atoms with Crippen molar-refractivity contribution in [2.24, 2.45) is 11.1 Å². The third kappa shape index (κ3) is 3.22. The first-order valence-electron chi connectivity index (χ1n) is 9.88. The van der Waals surface area contributed by atoms with Crippen LogP contribution >= 0.6 is 0 Å². The molecule has 1 aliphatic carbocycles. The van der Waals surface area contributed by atoms with E-state index in [0.29, 0.717) is 50.1 Å². The zero-order chi connectivity index (χ0) is 20.5. The number of benzene rings is 1. The molecule has 0 spiro atoms. The molecular weight excluding hydrogens is 358 g/mol. The Hall–Kier alpha value is -2.25. The van der Waals surface area contributed by atoms with Crippen LogP contribution < -0.4 is 11.1 Å². The average Bonchev–Trinajstić information content (AvgIpc) is 2.92. The van der Waals surface area contributed by atoms with Crippen molar-refractivity contribution in [1.82, 2.24) is 10.2 Å². The van der Waals surface area contributed by atoms with Gasteiger partial charge in [-0.05, 0) is 31.9 Å². The Bertz CT molecular complexity index is 757. The molecule has 3 rings (SSSR count). The van der Waals surface area contributed by atoms with Gasteiger partial charge in [0.05, 0.1) is 17.2 Å². The van der Waals surface area contributed by atoms with E-state index >= 15 is 0 Å². The number of ether oxygens (including phenoxy) is 1. The Morgan fingerprint density at radius 2 is 1.82 bits per heavy atom. The van der Waals surface area contributed by atoms with E-state index in [0.717, 1.165) is 0 Å². The molecule has 1 saturated carbocycles. The summed E-state index contributed by atoms with van der Waals surface area (Å²) in [5.74, 6) is -0.665. The highest BCUT2D eigenvalue weighted by Gasteiger charge is 2.62. The summed E-state index contributed by atoms with van der Waals surface area (Å²) < 4.78 is 5.66. The third-order valence-electron chi connectivity index (χ3n) is 6.21. The normalized spacial score (nSPS) is 25.4. The van der Waals surface area contributed by atoms with E-state index in [4.69, 9.17) is 10.5 Å². The summed E-state index contributed by atoms with van der Waals surface area (Å²) in [6.07, 6.45) is 1.77. The van der Waals surface area contributed by atoms with Crippen LogP contribution in [-0.4, -0.2) is 54.0 Å². The van der Waals surface area contributed by atoms with Gasteiger partial charge >= 0.3 is 0 Å². The van der Waals surface area contributed by atoms with Gasteiger partial charge in [0, 0.05) is 31.5 Å². The number of hydrogen-bond donors (Lipinski definition) is 2. The van der Waals surface area contributed by atoms with Gasteiger partial charge in [0.1, 0.15) is 5.54 Å². The molecule has 3 N–H and O–H groups in total. The molecule has 1 aliphatic heterocycles. The van der Waals surface area contributed by atoms with E-state index in [1.807, 2.05) is 20.8 Å². The zero-order valence-corrected chi connectivity index (χ0v) is 16.8. The van der Waals surface area contributed by atoms with Crippen molar-refractivity contribution in [2.75, 3.05) is 19.7 Å². The third-order valence-corrected chi connectivity index (χ3v) is 6.21. The number of imide groups is 1. The summed E-state index contributed by atoms with van der Waals surface area (Å²) in [6.45, 7) is 7.24. The maximum atomic E-state index is 12.6. The maximum absolute atomic E-state index is 12.6. The standard InChI is InChI=1S/C21H29N3O4/c1-4-28-16-13-21(22,20(16,2)3)19(27)23-11-7-8-12-24-17(25)14-9-5-6-10-15(14)18(24)26/h5-6,9-10,16H,4,7-8,11-13,22H2,1-3H3,(H,23,27). The van der Waals surface area contributed by atoms with E-state index in [-0.39, 0.29) is 23.8 Å². The SMILES string of the molecule is CCOC1CC(N)(C(=O)NCCCCN2C(=O)c3ccccc3C2=O)C1(C)C. The Balaban J connectivity index is 1.43. The minimum absolute atomic E-state index is 0.0120. The molecule has 1 heterocycles. The first kappa shape index (κ1) is 20.5. The van der Waals surface area contributed by atoms with Crippen molar-refractivity contribution in [3.8, 4) is 0 Å². The molecule has 0 aromatic heterocycles. The van der Waals surface area contributed by atoms with Crippen LogP contribution in [0.15, 0.2) is 24.3 Å². The van der Waals surface area contributed by atoms with Gasteiger partial charge in [-0.2, -0.15) is 0 Å². The minimum Gasteiger partial charge on any atom is -0.378 e. The number of amides is 3. The van der Waals surface area contributed by atoms with Crippen molar-refractivity contribution < 1.29 is 19.1 Å². The molecule has 2 unspecified atom stereocenters. The molecule has 152 valence electrons. The Morgan fingerprint density at radius 1 is 1.21 bits per heavy atom. The predicted octanol–water partition coefficient (Wildman–Crippen LogP) is 1.71. The van der Waals surface area contributed by atoms with E-state index in [2.05, 4.69) is 5.32 Å². The fraction of sp³-hybridized carbons (Fsp3) is 0.571. The zero-order valence-electron chi connectivity index (χ0n) is 16.8. The molecule has 0 saturated heterocycles. The van der Waals surface area contributed by atoms with Crippen molar-refractivity contribution in [3.63, 3.8) is 0 Å². The van der Waals surface area contributed by atoms with E-state index in [9.17, 15) is 14.4 Å². The lowest BCUT2D eigenvalue weighted by Gasteiger charge is -2.57. The van der Waals surface area contributed by atoms with Crippen LogP contribution in [0.1, 0.15) is 60.7 Å². The maximum Gasteiger partial charge on any atom is 0.261 e. The lowest BCUT2D eigenvalue weighted by Crippen LogP contribution is -2.75. The summed E-state index contributed by atoms with van der Waals surface area (Å²) in [5, 5.41) is 2.90. The molecule has 1 fully saturated rings. The van der Waals surface area contributed by atoms with Crippen LogP contribution in [0.5, 0.6) is 0 Å². The molecule has 0 bridgehead atoms. The van der Waals surface area contributed by atoms with Gasteiger partial charge in [0.25, 0.3) is 11.8 Å². The van der Waals surface area contributed by atoms with Crippen LogP contribution in [0.3, 0.4) is 0 Å². The van der Waals surface area contributed by atoms with Crippen molar-refractivity contribution in [3.05, 3.63) is 35.4 Å². The van der Waals surface area contributed by atoms with Gasteiger partial charge < -0.3 is 15.8 Å². The Labute approximate surface area is 165 Å². The fourth-order valence-corrected chi connectivity index (χ4v) is 4.02. The molecule has 1 aromatic carbocycles. The quantitative estimate of drug-likeness (QED) is 0.522. The second-order valence-corrected chi connectivity index (χ2v) is 8.11. The van der Waals surface area contributed by atoms with Gasteiger partial charge in [-0.1, -0.05) is 26.0 Å². The highest BCUT2D eigenvalue weighted by molar-refractivity contribution is 6.21. The number of fused-ring (bicyclic) bond motifs is 1. The summed E-state index contributed by atoms with van der Waals surface area (Å²) in [6, 6.07) is 6.85. The number of nitrogens with one attached hydrogen (secondary N) is 1.